The van der Waals surface area contributed by atoms with E-state index in [0.29, 0.717) is 0 Å². The molecular formula is C23H26N2O2. The molecule has 140 valence electrons. The molecular weight excluding hydrogens is 336 g/mol. The second-order valence-corrected chi connectivity index (χ2v) is 7.72. The van der Waals surface area contributed by atoms with Gasteiger partial charge in [0, 0.05) is 23.8 Å². The third kappa shape index (κ3) is 3.61. The van der Waals surface area contributed by atoms with Crippen LogP contribution >= 0.6 is 0 Å². The van der Waals surface area contributed by atoms with Crippen LogP contribution < -0.4 is 10.2 Å². The van der Waals surface area contributed by atoms with Crippen LogP contribution in [0.1, 0.15) is 36.8 Å². The van der Waals surface area contributed by atoms with Crippen molar-refractivity contribution in [3.8, 4) is 0 Å². The summed E-state index contributed by atoms with van der Waals surface area (Å²) in [6.45, 7) is 2.73. The van der Waals surface area contributed by atoms with Gasteiger partial charge in [-0.15, -0.1) is 0 Å². The fourth-order valence-corrected chi connectivity index (χ4v) is 4.47. The van der Waals surface area contributed by atoms with Gasteiger partial charge in [-0.2, -0.15) is 0 Å². The molecule has 2 aliphatic rings. The topological polar surface area (TPSA) is 49.4 Å². The summed E-state index contributed by atoms with van der Waals surface area (Å²) in [4.78, 5) is 28.2. The first-order chi connectivity index (χ1) is 13.1. The molecule has 1 N–H and O–H groups in total. The molecule has 0 bridgehead atoms. The first-order valence-electron chi connectivity index (χ1n) is 9.90. The van der Waals surface area contributed by atoms with E-state index in [0.717, 1.165) is 55.6 Å². The fraction of sp³-hybridized carbons (Fsp3) is 0.391. The molecule has 0 radical (unpaired) electrons. The summed E-state index contributed by atoms with van der Waals surface area (Å²) < 4.78 is 0. The molecule has 2 amide bonds. The third-order valence-corrected chi connectivity index (χ3v) is 5.86. The largest absolute Gasteiger partial charge is 0.326 e. The van der Waals surface area contributed by atoms with Gasteiger partial charge in [0.2, 0.25) is 11.8 Å². The number of rotatable bonds is 3. The molecule has 4 heteroatoms. The van der Waals surface area contributed by atoms with Gasteiger partial charge in [-0.3, -0.25) is 9.59 Å². The minimum atomic E-state index is -0.250. The number of nitrogens with one attached hydrogen (secondary N) is 1. The van der Waals surface area contributed by atoms with Gasteiger partial charge in [0.15, 0.2) is 0 Å². The first kappa shape index (κ1) is 17.8. The number of fused-ring (bicyclic) bond motifs is 1. The third-order valence-electron chi connectivity index (χ3n) is 5.86. The van der Waals surface area contributed by atoms with Crippen molar-refractivity contribution in [2.75, 3.05) is 16.8 Å². The van der Waals surface area contributed by atoms with Crippen molar-refractivity contribution >= 4 is 23.2 Å². The maximum atomic E-state index is 13.3. The van der Waals surface area contributed by atoms with E-state index in [4.69, 9.17) is 0 Å². The van der Waals surface area contributed by atoms with Crippen LogP contribution in [-0.2, 0) is 16.0 Å². The SMILES string of the molecule is Cc1cccc(NC(=O)C2CCCCC2C(=O)N2CCc3ccccc32)c1. The summed E-state index contributed by atoms with van der Waals surface area (Å²) >= 11 is 0. The minimum absolute atomic E-state index is 0.0221. The zero-order valence-electron chi connectivity index (χ0n) is 15.8. The second-order valence-electron chi connectivity index (χ2n) is 7.72. The summed E-state index contributed by atoms with van der Waals surface area (Å²) in [7, 11) is 0. The van der Waals surface area contributed by atoms with Gasteiger partial charge < -0.3 is 10.2 Å². The Balaban J connectivity index is 1.52. The number of hydrogen-bond donors (Lipinski definition) is 1. The lowest BCUT2D eigenvalue weighted by atomic mass is 9.77. The van der Waals surface area contributed by atoms with Crippen molar-refractivity contribution in [3.63, 3.8) is 0 Å². The van der Waals surface area contributed by atoms with Gasteiger partial charge in [-0.05, 0) is 55.5 Å². The van der Waals surface area contributed by atoms with Gasteiger partial charge in [0.1, 0.15) is 0 Å². The highest BCUT2D eigenvalue weighted by molar-refractivity contribution is 6.02. The van der Waals surface area contributed by atoms with Crippen molar-refractivity contribution in [2.45, 2.75) is 39.0 Å². The maximum absolute atomic E-state index is 13.3. The van der Waals surface area contributed by atoms with E-state index in [1.807, 2.05) is 54.3 Å². The van der Waals surface area contributed by atoms with Gasteiger partial charge in [-0.1, -0.05) is 43.2 Å². The molecule has 2 aromatic carbocycles. The van der Waals surface area contributed by atoms with Crippen LogP contribution in [0, 0.1) is 18.8 Å². The number of hydrogen-bond acceptors (Lipinski definition) is 2. The van der Waals surface area contributed by atoms with E-state index >= 15 is 0 Å². The molecule has 0 spiro atoms. The predicted molar refractivity (Wildman–Crippen MR) is 108 cm³/mol. The molecule has 2 unspecified atom stereocenters. The van der Waals surface area contributed by atoms with Crippen molar-refractivity contribution in [1.29, 1.82) is 0 Å². The van der Waals surface area contributed by atoms with E-state index in [2.05, 4.69) is 11.4 Å². The highest BCUT2D eigenvalue weighted by Crippen LogP contribution is 2.36. The second kappa shape index (κ2) is 7.55. The zero-order valence-corrected chi connectivity index (χ0v) is 15.8. The molecule has 0 aromatic heterocycles. The summed E-state index contributed by atoms with van der Waals surface area (Å²) in [5.74, 6) is -0.385. The molecule has 2 aromatic rings. The average molecular weight is 362 g/mol. The Morgan fingerprint density at radius 2 is 1.78 bits per heavy atom. The number of amides is 2. The number of aryl methyl sites for hydroxylation is 1. The van der Waals surface area contributed by atoms with Gasteiger partial charge >= 0.3 is 0 Å². The molecule has 4 rings (SSSR count). The van der Waals surface area contributed by atoms with Crippen LogP contribution in [0.4, 0.5) is 11.4 Å². The molecule has 0 saturated heterocycles. The fourth-order valence-electron chi connectivity index (χ4n) is 4.47. The molecule has 1 aliphatic heterocycles. The van der Waals surface area contributed by atoms with Gasteiger partial charge in [0.05, 0.1) is 5.92 Å². The number of anilines is 2. The van der Waals surface area contributed by atoms with Crippen molar-refractivity contribution in [3.05, 3.63) is 59.7 Å². The standard InChI is InChI=1S/C23H26N2O2/c1-16-7-6-9-18(15-16)24-22(26)19-10-3-4-11-20(19)23(27)25-14-13-17-8-2-5-12-21(17)25/h2,5-9,12,15,19-20H,3-4,10-11,13-14H2,1H3,(H,24,26). The number of para-hydroxylation sites is 1. The number of nitrogens with zero attached hydrogens (tertiary/aromatic N) is 1. The highest BCUT2D eigenvalue weighted by Gasteiger charge is 2.39. The zero-order chi connectivity index (χ0) is 18.8. The monoisotopic (exact) mass is 362 g/mol. The Labute approximate surface area is 160 Å². The van der Waals surface area contributed by atoms with Gasteiger partial charge in [0.25, 0.3) is 0 Å². The smallest absolute Gasteiger partial charge is 0.230 e. The van der Waals surface area contributed by atoms with Crippen LogP contribution in [0.3, 0.4) is 0 Å². The van der Waals surface area contributed by atoms with Crippen LogP contribution in [0.2, 0.25) is 0 Å². The van der Waals surface area contributed by atoms with E-state index in [9.17, 15) is 9.59 Å². The first-order valence-corrected chi connectivity index (χ1v) is 9.90. The number of carbonyl (C=O) groups excluding carboxylic acids is 2. The van der Waals surface area contributed by atoms with Crippen LogP contribution in [0.15, 0.2) is 48.5 Å². The number of carbonyl (C=O) groups is 2. The molecule has 1 heterocycles. The van der Waals surface area contributed by atoms with Gasteiger partial charge in [-0.25, -0.2) is 0 Å². The van der Waals surface area contributed by atoms with Crippen molar-refractivity contribution in [2.24, 2.45) is 11.8 Å². The molecule has 4 nitrogen and oxygen atoms in total. The summed E-state index contributed by atoms with van der Waals surface area (Å²) in [6, 6.07) is 15.9. The lowest BCUT2D eigenvalue weighted by Crippen LogP contribution is -2.43. The van der Waals surface area contributed by atoms with Crippen molar-refractivity contribution < 1.29 is 9.59 Å². The Hall–Kier alpha value is -2.62. The molecule has 2 atom stereocenters. The lowest BCUT2D eigenvalue weighted by molar-refractivity contribution is -0.132. The van der Waals surface area contributed by atoms with Crippen molar-refractivity contribution in [1.82, 2.24) is 0 Å². The van der Waals surface area contributed by atoms with E-state index in [1.165, 1.54) is 5.56 Å². The quantitative estimate of drug-likeness (QED) is 0.883. The number of benzene rings is 2. The Morgan fingerprint density at radius 1 is 1.00 bits per heavy atom. The maximum Gasteiger partial charge on any atom is 0.230 e. The lowest BCUT2D eigenvalue weighted by Gasteiger charge is -2.32. The molecule has 1 saturated carbocycles. The Kier molecular flexibility index (Phi) is 4.97. The minimum Gasteiger partial charge on any atom is -0.326 e. The molecule has 27 heavy (non-hydrogen) atoms. The van der Waals surface area contributed by atoms with E-state index in [-0.39, 0.29) is 23.7 Å². The molecule has 1 aliphatic carbocycles. The summed E-state index contributed by atoms with van der Waals surface area (Å²) in [6.07, 6.45) is 4.49. The van der Waals surface area contributed by atoms with Crippen LogP contribution in [-0.4, -0.2) is 18.4 Å². The summed E-state index contributed by atoms with van der Waals surface area (Å²) in [5, 5.41) is 3.04. The van der Waals surface area contributed by atoms with E-state index < -0.39 is 0 Å². The van der Waals surface area contributed by atoms with E-state index in [1.54, 1.807) is 0 Å². The van der Waals surface area contributed by atoms with Crippen LogP contribution in [0.25, 0.3) is 0 Å². The normalized spacial score (nSPS) is 21.6. The highest BCUT2D eigenvalue weighted by atomic mass is 16.2. The average Bonchev–Trinajstić information content (AvgIpc) is 3.11. The predicted octanol–water partition coefficient (Wildman–Crippen LogP) is 4.33. The summed E-state index contributed by atoms with van der Waals surface area (Å²) in [5.41, 5.74) is 4.16. The molecule has 1 fully saturated rings. The van der Waals surface area contributed by atoms with Crippen LogP contribution in [0.5, 0.6) is 0 Å². The Morgan fingerprint density at radius 3 is 2.59 bits per heavy atom. The Bertz CT molecular complexity index is 861.